The van der Waals surface area contributed by atoms with Gasteiger partial charge in [-0.2, -0.15) is 18.3 Å². The molecule has 1 aliphatic rings. The molecule has 1 aromatic heterocycles. The van der Waals surface area contributed by atoms with Gasteiger partial charge >= 0.3 is 6.18 Å². The third-order valence-electron chi connectivity index (χ3n) is 6.55. The molecule has 0 amide bonds. The van der Waals surface area contributed by atoms with Crippen molar-refractivity contribution < 1.29 is 17.9 Å². The lowest BCUT2D eigenvalue weighted by atomic mass is 9.97. The van der Waals surface area contributed by atoms with Crippen molar-refractivity contribution in [3.8, 4) is 5.75 Å². The minimum absolute atomic E-state index is 0.207. The summed E-state index contributed by atoms with van der Waals surface area (Å²) in [6, 6.07) is 10.1. The topological polar surface area (TPSA) is 50.3 Å². The zero-order valence-corrected chi connectivity index (χ0v) is 19.3. The van der Waals surface area contributed by atoms with Crippen molar-refractivity contribution in [2.24, 2.45) is 0 Å². The Bertz CT molecular complexity index is 1150. The third kappa shape index (κ3) is 4.90. The predicted octanol–water partition coefficient (Wildman–Crippen LogP) is 5.91. The van der Waals surface area contributed by atoms with Gasteiger partial charge in [0.25, 0.3) is 0 Å². The highest BCUT2D eigenvalue weighted by molar-refractivity contribution is 5.94. The molecular formula is C25H29F3N4O. The largest absolute Gasteiger partial charge is 0.492 e. The summed E-state index contributed by atoms with van der Waals surface area (Å²) in [5, 5.41) is 13.6. The molecule has 0 saturated carbocycles. The van der Waals surface area contributed by atoms with E-state index in [9.17, 15) is 13.2 Å². The Kier molecular flexibility index (Phi) is 6.47. The highest BCUT2D eigenvalue weighted by Crippen LogP contribution is 2.36. The Morgan fingerprint density at radius 2 is 1.94 bits per heavy atom. The molecule has 176 valence electrons. The molecule has 5 nitrogen and oxygen atoms in total. The van der Waals surface area contributed by atoms with E-state index in [-0.39, 0.29) is 5.56 Å². The summed E-state index contributed by atoms with van der Waals surface area (Å²) in [6.45, 7) is 6.91. The molecule has 8 heteroatoms. The summed E-state index contributed by atoms with van der Waals surface area (Å²) in [5.41, 5.74) is 0.928. The number of likely N-dealkylation sites (tertiary alicyclic amines) is 1. The number of halogens is 3. The second-order valence-electron chi connectivity index (χ2n) is 8.81. The Morgan fingerprint density at radius 3 is 2.64 bits per heavy atom. The average molecular weight is 459 g/mol. The van der Waals surface area contributed by atoms with Crippen molar-refractivity contribution in [1.29, 1.82) is 0 Å². The van der Waals surface area contributed by atoms with E-state index < -0.39 is 17.8 Å². The SMILES string of the molecule is Cc1c(C(C)Nc2nnc(C)c3ccc(OC[C@H]4CCCN4C)cc23)cccc1C(F)(F)F. The van der Waals surface area contributed by atoms with Gasteiger partial charge in [-0.25, -0.2) is 0 Å². The molecule has 0 bridgehead atoms. The number of nitrogens with one attached hydrogen (secondary N) is 1. The van der Waals surface area contributed by atoms with Crippen LogP contribution in [0.3, 0.4) is 0 Å². The number of hydrogen-bond donors (Lipinski definition) is 1. The summed E-state index contributed by atoms with van der Waals surface area (Å²) >= 11 is 0. The molecule has 2 heterocycles. The van der Waals surface area contributed by atoms with Crippen LogP contribution < -0.4 is 10.1 Å². The predicted molar refractivity (Wildman–Crippen MR) is 124 cm³/mol. The number of aromatic nitrogens is 2. The first kappa shape index (κ1) is 23.3. The minimum Gasteiger partial charge on any atom is -0.492 e. The molecule has 3 aromatic rings. The maximum atomic E-state index is 13.4. The molecule has 0 spiro atoms. The number of alkyl halides is 3. The lowest BCUT2D eigenvalue weighted by Crippen LogP contribution is -2.30. The molecular weight excluding hydrogens is 429 g/mol. The van der Waals surface area contributed by atoms with Gasteiger partial charge in [-0.05, 0) is 82.6 Å². The van der Waals surface area contributed by atoms with Crippen LogP contribution in [-0.2, 0) is 6.18 Å². The Balaban J connectivity index is 1.61. The van der Waals surface area contributed by atoms with Crippen LogP contribution in [0.25, 0.3) is 10.8 Å². The third-order valence-corrected chi connectivity index (χ3v) is 6.55. The van der Waals surface area contributed by atoms with Crippen molar-refractivity contribution in [2.45, 2.75) is 51.9 Å². The molecule has 1 saturated heterocycles. The molecule has 2 aromatic carbocycles. The van der Waals surface area contributed by atoms with Gasteiger partial charge in [0.2, 0.25) is 0 Å². The van der Waals surface area contributed by atoms with E-state index in [1.165, 1.54) is 19.4 Å². The van der Waals surface area contributed by atoms with Crippen LogP contribution in [0, 0.1) is 13.8 Å². The Morgan fingerprint density at radius 1 is 1.15 bits per heavy atom. The zero-order valence-electron chi connectivity index (χ0n) is 19.3. The van der Waals surface area contributed by atoms with Crippen molar-refractivity contribution in [2.75, 3.05) is 25.5 Å². The summed E-state index contributed by atoms with van der Waals surface area (Å²) in [4.78, 5) is 2.31. The van der Waals surface area contributed by atoms with Crippen molar-refractivity contribution in [3.63, 3.8) is 0 Å². The molecule has 1 aliphatic heterocycles. The van der Waals surface area contributed by atoms with E-state index in [0.717, 1.165) is 41.2 Å². The smallest absolute Gasteiger partial charge is 0.416 e. The van der Waals surface area contributed by atoms with E-state index in [0.29, 0.717) is 24.0 Å². The first-order chi connectivity index (χ1) is 15.6. The number of nitrogens with zero attached hydrogens (tertiary/aromatic N) is 3. The second kappa shape index (κ2) is 9.17. The highest BCUT2D eigenvalue weighted by Gasteiger charge is 2.33. The maximum absolute atomic E-state index is 13.4. The zero-order chi connectivity index (χ0) is 23.8. The second-order valence-corrected chi connectivity index (χ2v) is 8.81. The fraction of sp³-hybridized carbons (Fsp3) is 0.440. The van der Waals surface area contributed by atoms with Crippen molar-refractivity contribution in [3.05, 3.63) is 58.8 Å². The number of anilines is 1. The van der Waals surface area contributed by atoms with Crippen LogP contribution >= 0.6 is 0 Å². The molecule has 1 unspecified atom stereocenters. The minimum atomic E-state index is -4.39. The molecule has 1 N–H and O–H groups in total. The Labute approximate surface area is 192 Å². The van der Waals surface area contributed by atoms with E-state index in [2.05, 4.69) is 27.5 Å². The summed E-state index contributed by atoms with van der Waals surface area (Å²) < 4.78 is 46.2. The normalized spacial score (nSPS) is 18.0. The van der Waals surface area contributed by atoms with Crippen LogP contribution in [0.4, 0.5) is 19.0 Å². The average Bonchev–Trinajstić information content (AvgIpc) is 3.18. The van der Waals surface area contributed by atoms with Gasteiger partial charge in [-0.1, -0.05) is 12.1 Å². The Hall–Kier alpha value is -2.87. The number of ether oxygens (including phenoxy) is 1. The van der Waals surface area contributed by atoms with Gasteiger partial charge in [0.1, 0.15) is 12.4 Å². The number of rotatable bonds is 6. The molecule has 0 aliphatic carbocycles. The fourth-order valence-corrected chi connectivity index (χ4v) is 4.56. The fourth-order valence-electron chi connectivity index (χ4n) is 4.56. The van der Waals surface area contributed by atoms with Crippen LogP contribution in [0.5, 0.6) is 5.75 Å². The molecule has 0 radical (unpaired) electrons. The monoisotopic (exact) mass is 458 g/mol. The molecule has 1 fully saturated rings. The molecule has 4 rings (SSSR count). The number of benzene rings is 2. The van der Waals surface area contributed by atoms with E-state index in [4.69, 9.17) is 4.74 Å². The van der Waals surface area contributed by atoms with Crippen molar-refractivity contribution >= 4 is 16.6 Å². The standard InChI is InChI=1S/C25H29F3N4O/c1-15-20(8-5-9-23(15)25(26,27)28)16(2)29-24-22-13-19(10-11-21(22)17(3)30-31-24)33-14-18-7-6-12-32(18)4/h5,8-11,13,16,18H,6-7,12,14H2,1-4H3,(H,29,31)/t16?,18-/m1/s1. The van der Waals surface area contributed by atoms with Crippen LogP contribution in [0.2, 0.25) is 0 Å². The van der Waals surface area contributed by atoms with Crippen molar-refractivity contribution in [1.82, 2.24) is 15.1 Å². The van der Waals surface area contributed by atoms with Gasteiger partial charge in [-0.3, -0.25) is 0 Å². The number of aryl methyl sites for hydroxylation is 1. The van der Waals surface area contributed by atoms with Gasteiger partial charge in [0, 0.05) is 16.8 Å². The van der Waals surface area contributed by atoms with Gasteiger partial charge in [0.15, 0.2) is 5.82 Å². The van der Waals surface area contributed by atoms with Gasteiger partial charge < -0.3 is 15.0 Å². The quantitative estimate of drug-likeness (QED) is 0.498. The summed E-state index contributed by atoms with van der Waals surface area (Å²) in [7, 11) is 2.11. The van der Waals surface area contributed by atoms with E-state index in [1.54, 1.807) is 6.07 Å². The lowest BCUT2D eigenvalue weighted by molar-refractivity contribution is -0.138. The van der Waals surface area contributed by atoms with E-state index in [1.807, 2.05) is 32.0 Å². The number of fused-ring (bicyclic) bond motifs is 1. The molecule has 33 heavy (non-hydrogen) atoms. The maximum Gasteiger partial charge on any atom is 0.416 e. The van der Waals surface area contributed by atoms with E-state index >= 15 is 0 Å². The number of hydrogen-bond acceptors (Lipinski definition) is 5. The van der Waals surface area contributed by atoms with Gasteiger partial charge in [-0.15, -0.1) is 5.10 Å². The lowest BCUT2D eigenvalue weighted by Gasteiger charge is -2.21. The summed E-state index contributed by atoms with van der Waals surface area (Å²) in [5.74, 6) is 1.25. The summed E-state index contributed by atoms with van der Waals surface area (Å²) in [6.07, 6.45) is -2.09. The van der Waals surface area contributed by atoms with Crippen LogP contribution in [-0.4, -0.2) is 41.3 Å². The number of likely N-dealkylation sites (N-methyl/N-ethyl adjacent to an activating group) is 1. The van der Waals surface area contributed by atoms with Crippen LogP contribution in [0.1, 0.15) is 48.2 Å². The van der Waals surface area contributed by atoms with Gasteiger partial charge in [0.05, 0.1) is 17.3 Å². The first-order valence-corrected chi connectivity index (χ1v) is 11.2. The highest BCUT2D eigenvalue weighted by atomic mass is 19.4. The first-order valence-electron chi connectivity index (χ1n) is 11.2. The van der Waals surface area contributed by atoms with Crippen LogP contribution in [0.15, 0.2) is 36.4 Å². The molecule has 2 atom stereocenters.